The van der Waals surface area contributed by atoms with Crippen LogP contribution in [0.2, 0.25) is 0 Å². The number of rotatable bonds is 3. The Bertz CT molecular complexity index is 656. The van der Waals surface area contributed by atoms with Gasteiger partial charge in [0.2, 0.25) is 0 Å². The third-order valence-corrected chi connectivity index (χ3v) is 3.10. The number of benzene rings is 2. The third-order valence-electron chi connectivity index (χ3n) is 3.10. The highest BCUT2D eigenvalue weighted by atomic mass is 19.1. The Morgan fingerprint density at radius 2 is 1.81 bits per heavy atom. The molecule has 0 aliphatic heterocycles. The van der Waals surface area contributed by atoms with Gasteiger partial charge in [0.1, 0.15) is 5.82 Å². The molecule has 0 radical (unpaired) electrons. The van der Waals surface area contributed by atoms with Crippen LogP contribution in [0.4, 0.5) is 20.6 Å². The molecule has 5 heteroatoms. The second-order valence-corrected chi connectivity index (χ2v) is 4.96. The molecule has 0 heterocycles. The largest absolute Gasteiger partial charge is 0.324 e. The van der Waals surface area contributed by atoms with E-state index in [0.29, 0.717) is 16.9 Å². The molecule has 4 N–H and O–H groups in total. The predicted octanol–water partition coefficient (Wildman–Crippen LogP) is 3.80. The molecule has 2 amide bonds. The maximum absolute atomic E-state index is 13.4. The fourth-order valence-corrected chi connectivity index (χ4v) is 1.86. The second kappa shape index (κ2) is 6.37. The van der Waals surface area contributed by atoms with E-state index in [2.05, 4.69) is 10.6 Å². The van der Waals surface area contributed by atoms with Crippen molar-refractivity contribution in [2.24, 2.45) is 5.73 Å². The first-order chi connectivity index (χ1) is 9.95. The van der Waals surface area contributed by atoms with E-state index in [1.807, 2.05) is 19.1 Å². The maximum Gasteiger partial charge on any atom is 0.323 e. The molecule has 0 saturated carbocycles. The topological polar surface area (TPSA) is 67.2 Å². The summed E-state index contributed by atoms with van der Waals surface area (Å²) >= 11 is 0. The molecule has 0 fully saturated rings. The zero-order valence-corrected chi connectivity index (χ0v) is 12.0. The highest BCUT2D eigenvalue weighted by Gasteiger charge is 2.06. The Hall–Kier alpha value is -2.40. The Labute approximate surface area is 123 Å². The van der Waals surface area contributed by atoms with Crippen molar-refractivity contribution in [3.8, 4) is 0 Å². The predicted molar refractivity (Wildman–Crippen MR) is 82.8 cm³/mol. The molecule has 2 aromatic carbocycles. The summed E-state index contributed by atoms with van der Waals surface area (Å²) in [6.45, 7) is 3.53. The minimum absolute atomic E-state index is 0.110. The maximum atomic E-state index is 13.4. The number of nitrogens with one attached hydrogen (secondary N) is 2. The number of halogens is 1. The van der Waals surface area contributed by atoms with Gasteiger partial charge in [-0.3, -0.25) is 0 Å². The summed E-state index contributed by atoms with van der Waals surface area (Å²) in [7, 11) is 0. The minimum Gasteiger partial charge on any atom is -0.324 e. The average molecular weight is 287 g/mol. The van der Waals surface area contributed by atoms with Crippen LogP contribution in [-0.4, -0.2) is 6.03 Å². The molecule has 21 heavy (non-hydrogen) atoms. The van der Waals surface area contributed by atoms with E-state index in [-0.39, 0.29) is 11.9 Å². The van der Waals surface area contributed by atoms with Crippen LogP contribution in [0.25, 0.3) is 0 Å². The van der Waals surface area contributed by atoms with Crippen LogP contribution >= 0.6 is 0 Å². The quantitative estimate of drug-likeness (QED) is 0.803. The van der Waals surface area contributed by atoms with Crippen molar-refractivity contribution >= 4 is 17.4 Å². The minimum atomic E-state index is -0.430. The summed E-state index contributed by atoms with van der Waals surface area (Å²) in [6, 6.07) is 11.3. The van der Waals surface area contributed by atoms with Crippen LogP contribution in [0, 0.1) is 12.7 Å². The summed E-state index contributed by atoms with van der Waals surface area (Å²) in [5.41, 5.74) is 8.29. The van der Waals surface area contributed by atoms with Gasteiger partial charge in [0.05, 0.1) is 0 Å². The first-order valence-electron chi connectivity index (χ1n) is 6.65. The molecule has 2 aromatic rings. The zero-order valence-electron chi connectivity index (χ0n) is 12.0. The molecule has 0 bridgehead atoms. The van der Waals surface area contributed by atoms with E-state index in [1.54, 1.807) is 31.2 Å². The van der Waals surface area contributed by atoms with Crippen LogP contribution in [0.5, 0.6) is 0 Å². The standard InChI is InChI=1S/C16H18FN3O/c1-10-6-7-14(9-15(10)17)20-16(21)19-13-5-3-4-12(8-13)11(2)18/h3-9,11H,18H2,1-2H3,(H2,19,20,21). The van der Waals surface area contributed by atoms with Crippen molar-refractivity contribution in [1.29, 1.82) is 0 Å². The summed E-state index contributed by atoms with van der Waals surface area (Å²) in [4.78, 5) is 11.9. The second-order valence-electron chi connectivity index (χ2n) is 4.96. The van der Waals surface area contributed by atoms with Crippen molar-refractivity contribution in [2.45, 2.75) is 19.9 Å². The first-order valence-corrected chi connectivity index (χ1v) is 6.65. The third kappa shape index (κ3) is 4.03. The van der Waals surface area contributed by atoms with Gasteiger partial charge in [-0.2, -0.15) is 0 Å². The number of hydrogen-bond acceptors (Lipinski definition) is 2. The Balaban J connectivity index is 2.04. The average Bonchev–Trinajstić information content (AvgIpc) is 2.43. The lowest BCUT2D eigenvalue weighted by Gasteiger charge is -2.11. The fourth-order valence-electron chi connectivity index (χ4n) is 1.86. The smallest absolute Gasteiger partial charge is 0.323 e. The number of amides is 2. The van der Waals surface area contributed by atoms with Gasteiger partial charge < -0.3 is 16.4 Å². The van der Waals surface area contributed by atoms with Gasteiger partial charge in [0.25, 0.3) is 0 Å². The zero-order chi connectivity index (χ0) is 15.4. The van der Waals surface area contributed by atoms with E-state index in [0.717, 1.165) is 5.56 Å². The number of carbonyl (C=O) groups excluding carboxylic acids is 1. The van der Waals surface area contributed by atoms with Crippen LogP contribution in [-0.2, 0) is 0 Å². The van der Waals surface area contributed by atoms with Gasteiger partial charge in [0, 0.05) is 17.4 Å². The molecule has 2 rings (SSSR count). The van der Waals surface area contributed by atoms with Gasteiger partial charge in [-0.15, -0.1) is 0 Å². The molecule has 0 aliphatic carbocycles. The van der Waals surface area contributed by atoms with Gasteiger partial charge in [-0.1, -0.05) is 18.2 Å². The molecular formula is C16H18FN3O. The molecule has 4 nitrogen and oxygen atoms in total. The molecular weight excluding hydrogens is 269 g/mol. The van der Waals surface area contributed by atoms with Crippen LogP contribution in [0.1, 0.15) is 24.1 Å². The lowest BCUT2D eigenvalue weighted by Crippen LogP contribution is -2.19. The first kappa shape index (κ1) is 15.0. The summed E-state index contributed by atoms with van der Waals surface area (Å²) in [5.74, 6) is -0.355. The monoisotopic (exact) mass is 287 g/mol. The molecule has 0 aliphatic rings. The Morgan fingerprint density at radius 1 is 1.14 bits per heavy atom. The normalized spacial score (nSPS) is 11.8. The van der Waals surface area contributed by atoms with Crippen LogP contribution < -0.4 is 16.4 Å². The van der Waals surface area contributed by atoms with E-state index < -0.39 is 6.03 Å². The molecule has 0 aromatic heterocycles. The van der Waals surface area contributed by atoms with E-state index in [4.69, 9.17) is 5.73 Å². The highest BCUT2D eigenvalue weighted by molar-refractivity contribution is 5.99. The number of hydrogen-bond donors (Lipinski definition) is 3. The molecule has 0 spiro atoms. The lowest BCUT2D eigenvalue weighted by atomic mass is 10.1. The lowest BCUT2D eigenvalue weighted by molar-refractivity contribution is 0.262. The number of carbonyl (C=O) groups is 1. The number of nitrogens with two attached hydrogens (primary N) is 1. The van der Waals surface area contributed by atoms with E-state index in [9.17, 15) is 9.18 Å². The van der Waals surface area contributed by atoms with E-state index >= 15 is 0 Å². The Morgan fingerprint density at radius 3 is 2.43 bits per heavy atom. The fraction of sp³-hybridized carbons (Fsp3) is 0.188. The van der Waals surface area contributed by atoms with Gasteiger partial charge in [-0.05, 0) is 49.2 Å². The van der Waals surface area contributed by atoms with Crippen LogP contribution in [0.3, 0.4) is 0 Å². The molecule has 1 atom stereocenters. The van der Waals surface area contributed by atoms with Crippen molar-refractivity contribution in [3.05, 3.63) is 59.4 Å². The summed E-state index contributed by atoms with van der Waals surface area (Å²) in [6.07, 6.45) is 0. The molecule has 0 saturated heterocycles. The van der Waals surface area contributed by atoms with Gasteiger partial charge in [0.15, 0.2) is 0 Å². The van der Waals surface area contributed by atoms with Gasteiger partial charge >= 0.3 is 6.03 Å². The Kier molecular flexibility index (Phi) is 4.55. The highest BCUT2D eigenvalue weighted by Crippen LogP contribution is 2.17. The summed E-state index contributed by atoms with van der Waals surface area (Å²) < 4.78 is 13.4. The van der Waals surface area contributed by atoms with Crippen molar-refractivity contribution in [2.75, 3.05) is 10.6 Å². The van der Waals surface area contributed by atoms with Crippen molar-refractivity contribution in [3.63, 3.8) is 0 Å². The van der Waals surface area contributed by atoms with Crippen LogP contribution in [0.15, 0.2) is 42.5 Å². The number of anilines is 2. The van der Waals surface area contributed by atoms with Crippen molar-refractivity contribution in [1.82, 2.24) is 0 Å². The molecule has 1 unspecified atom stereocenters. The van der Waals surface area contributed by atoms with E-state index in [1.165, 1.54) is 6.07 Å². The van der Waals surface area contributed by atoms with Crippen molar-refractivity contribution < 1.29 is 9.18 Å². The van der Waals surface area contributed by atoms with Gasteiger partial charge in [-0.25, -0.2) is 9.18 Å². The SMILES string of the molecule is Cc1ccc(NC(=O)Nc2cccc(C(C)N)c2)cc1F. The number of aryl methyl sites for hydroxylation is 1. The number of urea groups is 1. The summed E-state index contributed by atoms with van der Waals surface area (Å²) in [5, 5.41) is 5.28. The molecule has 110 valence electrons.